The Kier molecular flexibility index (Phi) is 7.05. The van der Waals surface area contributed by atoms with Crippen molar-refractivity contribution >= 4 is 34.7 Å². The Morgan fingerprint density at radius 2 is 1.94 bits per heavy atom. The molecule has 0 aliphatic carbocycles. The highest BCUT2D eigenvalue weighted by molar-refractivity contribution is 6.12. The van der Waals surface area contributed by atoms with Gasteiger partial charge in [0.2, 0.25) is 5.91 Å². The lowest BCUT2D eigenvalue weighted by Gasteiger charge is -2.34. The molecule has 0 atom stereocenters. The van der Waals surface area contributed by atoms with Crippen molar-refractivity contribution in [1.29, 1.82) is 0 Å². The van der Waals surface area contributed by atoms with E-state index in [1.54, 1.807) is 4.90 Å². The first-order valence-corrected chi connectivity index (χ1v) is 11.2. The monoisotopic (exact) mass is 487 g/mol. The van der Waals surface area contributed by atoms with Crippen molar-refractivity contribution in [2.45, 2.75) is 12.8 Å². The maximum Gasteiger partial charge on any atom is 0.263 e. The maximum absolute atomic E-state index is 14.9. The number of nitrogens with zero attached hydrogens (tertiary/aromatic N) is 6. The van der Waals surface area contributed by atoms with Gasteiger partial charge in [-0.1, -0.05) is 0 Å². The van der Waals surface area contributed by atoms with Crippen molar-refractivity contribution in [1.82, 2.24) is 29.8 Å². The van der Waals surface area contributed by atoms with Crippen LogP contribution in [0, 0.1) is 17.6 Å². The minimum atomic E-state index is -0.680. The number of nitrogens with one attached hydrogen (secondary N) is 2. The van der Waals surface area contributed by atoms with E-state index < -0.39 is 17.5 Å². The topological polar surface area (TPSA) is 134 Å². The van der Waals surface area contributed by atoms with Crippen LogP contribution in [-0.4, -0.2) is 76.6 Å². The van der Waals surface area contributed by atoms with Crippen LogP contribution in [0.25, 0.3) is 5.65 Å². The lowest BCUT2D eigenvalue weighted by atomic mass is 9.95. The molecule has 4 rings (SSSR count). The molecule has 1 saturated heterocycles. The first-order valence-electron chi connectivity index (χ1n) is 11.2. The number of hydrogen-bond acceptors (Lipinski definition) is 8. The summed E-state index contributed by atoms with van der Waals surface area (Å²) in [6.07, 6.45) is 5.48. The van der Waals surface area contributed by atoms with Crippen LogP contribution in [0.4, 0.5) is 26.0 Å². The number of carbonyl (C=O) groups is 2. The van der Waals surface area contributed by atoms with Crippen molar-refractivity contribution < 1.29 is 18.4 Å². The molecule has 11 nitrogen and oxygen atoms in total. The van der Waals surface area contributed by atoms with Gasteiger partial charge >= 0.3 is 0 Å². The van der Waals surface area contributed by atoms with Gasteiger partial charge in [-0.05, 0) is 26.9 Å². The summed E-state index contributed by atoms with van der Waals surface area (Å²) in [5, 5.41) is 9.49. The molecule has 2 amide bonds. The second-order valence-electron chi connectivity index (χ2n) is 8.63. The molecule has 0 saturated carbocycles. The van der Waals surface area contributed by atoms with Crippen molar-refractivity contribution in [2.75, 3.05) is 56.2 Å². The fourth-order valence-corrected chi connectivity index (χ4v) is 4.09. The minimum Gasteiger partial charge on any atom is -0.381 e. The summed E-state index contributed by atoms with van der Waals surface area (Å²) >= 11 is 0. The number of halogens is 2. The van der Waals surface area contributed by atoms with Crippen LogP contribution >= 0.6 is 0 Å². The number of nitrogen functional groups attached to an aromatic ring is 1. The normalized spacial score (nSPS) is 14.5. The molecular weight excluding hydrogens is 460 g/mol. The molecule has 0 aromatic carbocycles. The van der Waals surface area contributed by atoms with Crippen LogP contribution in [0.5, 0.6) is 0 Å². The maximum atomic E-state index is 14.9. The quantitative estimate of drug-likeness (QED) is 0.452. The zero-order valence-corrected chi connectivity index (χ0v) is 19.5. The summed E-state index contributed by atoms with van der Waals surface area (Å²) in [7, 11) is 3.87. The van der Waals surface area contributed by atoms with Gasteiger partial charge < -0.3 is 26.2 Å². The Balaban J connectivity index is 1.48. The van der Waals surface area contributed by atoms with Crippen molar-refractivity contribution in [3.63, 3.8) is 0 Å². The lowest BCUT2D eigenvalue weighted by molar-refractivity contribution is -0.125. The van der Waals surface area contributed by atoms with Crippen LogP contribution in [0.15, 0.2) is 24.8 Å². The average molecular weight is 488 g/mol. The van der Waals surface area contributed by atoms with Crippen LogP contribution in [-0.2, 0) is 4.79 Å². The molecule has 4 heterocycles. The van der Waals surface area contributed by atoms with Crippen LogP contribution in [0.1, 0.15) is 23.2 Å². The second-order valence-corrected chi connectivity index (χ2v) is 8.63. The lowest BCUT2D eigenvalue weighted by Crippen LogP contribution is -2.42. The molecular formula is C22H27F2N9O2. The van der Waals surface area contributed by atoms with Gasteiger partial charge in [0, 0.05) is 32.1 Å². The van der Waals surface area contributed by atoms with Crippen LogP contribution in [0.2, 0.25) is 0 Å². The summed E-state index contributed by atoms with van der Waals surface area (Å²) in [6.45, 7) is 2.16. The van der Waals surface area contributed by atoms with Gasteiger partial charge in [-0.15, -0.1) is 5.10 Å². The zero-order valence-electron chi connectivity index (χ0n) is 19.5. The van der Waals surface area contributed by atoms with E-state index in [1.165, 1.54) is 6.20 Å². The van der Waals surface area contributed by atoms with Gasteiger partial charge in [0.05, 0.1) is 30.5 Å². The van der Waals surface area contributed by atoms with E-state index in [9.17, 15) is 18.4 Å². The standard InChI is InChI=1S/C22H27F2N9O2/c1-31(2)8-5-27-21(34)13-3-6-32(7-4-13)18-15(24)10-26-11-16(18)29-22(35)17-19(25)30-33-12-14(23)9-28-20(17)33/h9-13H,3-8H2,1-2H3,(H2,25,30)(H,27,34)(H,29,35). The molecule has 186 valence electrons. The van der Waals surface area contributed by atoms with Gasteiger partial charge in [-0.2, -0.15) is 0 Å². The molecule has 0 bridgehead atoms. The number of fused-ring (bicyclic) bond motifs is 1. The van der Waals surface area contributed by atoms with Gasteiger partial charge in [0.25, 0.3) is 5.91 Å². The molecule has 4 N–H and O–H groups in total. The number of piperidine rings is 1. The molecule has 35 heavy (non-hydrogen) atoms. The molecule has 1 fully saturated rings. The number of pyridine rings is 1. The van der Waals surface area contributed by atoms with E-state index in [4.69, 9.17) is 5.73 Å². The van der Waals surface area contributed by atoms with Crippen molar-refractivity contribution in [3.8, 4) is 0 Å². The molecule has 13 heteroatoms. The molecule has 3 aromatic rings. The third-order valence-electron chi connectivity index (χ3n) is 5.86. The Hall–Kier alpha value is -3.87. The number of likely N-dealkylation sites (N-methyl/N-ethyl adjacent to an activating group) is 1. The third kappa shape index (κ3) is 5.29. The number of amides is 2. The minimum absolute atomic E-state index is 0.0114. The predicted octanol–water partition coefficient (Wildman–Crippen LogP) is 1.13. The summed E-state index contributed by atoms with van der Waals surface area (Å²) in [6, 6.07) is 0. The van der Waals surface area contributed by atoms with E-state index >= 15 is 0 Å². The number of carbonyl (C=O) groups excluding carboxylic acids is 2. The summed E-state index contributed by atoms with van der Waals surface area (Å²) in [4.78, 5) is 37.0. The molecule has 0 unspecified atom stereocenters. The smallest absolute Gasteiger partial charge is 0.263 e. The van der Waals surface area contributed by atoms with Crippen molar-refractivity contribution in [2.24, 2.45) is 5.92 Å². The first-order chi connectivity index (χ1) is 16.7. The van der Waals surface area contributed by atoms with Crippen molar-refractivity contribution in [3.05, 3.63) is 42.0 Å². The van der Waals surface area contributed by atoms with E-state index in [0.29, 0.717) is 32.5 Å². The fraction of sp³-hybridized carbons (Fsp3) is 0.409. The summed E-state index contributed by atoms with van der Waals surface area (Å²) < 4.78 is 29.4. The number of aromatic nitrogens is 4. The SMILES string of the molecule is CN(C)CCNC(=O)C1CCN(c2c(F)cncc2NC(=O)c2c(N)nn3cc(F)cnc23)CC1. The highest BCUT2D eigenvalue weighted by Gasteiger charge is 2.29. The highest BCUT2D eigenvalue weighted by atomic mass is 19.1. The molecule has 0 radical (unpaired) electrons. The van der Waals surface area contributed by atoms with Crippen LogP contribution < -0.4 is 21.3 Å². The Bertz CT molecular complexity index is 1240. The largest absolute Gasteiger partial charge is 0.381 e. The van der Waals surface area contributed by atoms with Gasteiger partial charge in [0.1, 0.15) is 11.3 Å². The van der Waals surface area contributed by atoms with Gasteiger partial charge in [-0.3, -0.25) is 14.6 Å². The molecule has 3 aromatic heterocycles. The number of nitrogens with two attached hydrogens (primary N) is 1. The van der Waals surface area contributed by atoms with Gasteiger partial charge in [0.15, 0.2) is 23.1 Å². The number of anilines is 3. The summed E-state index contributed by atoms with van der Waals surface area (Å²) in [5.74, 6) is -2.25. The third-order valence-corrected chi connectivity index (χ3v) is 5.86. The van der Waals surface area contributed by atoms with E-state index in [1.807, 2.05) is 19.0 Å². The van der Waals surface area contributed by atoms with E-state index in [2.05, 4.69) is 25.7 Å². The van der Waals surface area contributed by atoms with Crippen LogP contribution in [0.3, 0.4) is 0 Å². The van der Waals surface area contributed by atoms with Gasteiger partial charge in [-0.25, -0.2) is 18.3 Å². The highest BCUT2D eigenvalue weighted by Crippen LogP contribution is 2.32. The van der Waals surface area contributed by atoms with E-state index in [0.717, 1.165) is 29.7 Å². The molecule has 1 aliphatic heterocycles. The summed E-state index contributed by atoms with van der Waals surface area (Å²) in [5.41, 5.74) is 6.19. The average Bonchev–Trinajstić information content (AvgIpc) is 3.13. The Morgan fingerprint density at radius 3 is 2.66 bits per heavy atom. The fourth-order valence-electron chi connectivity index (χ4n) is 4.09. The predicted molar refractivity (Wildman–Crippen MR) is 126 cm³/mol. The second kappa shape index (κ2) is 10.2. The Morgan fingerprint density at radius 1 is 1.20 bits per heavy atom. The number of rotatable bonds is 7. The molecule has 1 aliphatic rings. The molecule has 0 spiro atoms. The first kappa shape index (κ1) is 24.3. The Labute approximate surface area is 200 Å². The zero-order chi connectivity index (χ0) is 25.1. The van der Waals surface area contributed by atoms with E-state index in [-0.39, 0.29) is 40.2 Å². The number of hydrogen-bond donors (Lipinski definition) is 3.